The minimum Gasteiger partial charge on any atom is -0.492 e. The van der Waals surface area contributed by atoms with Crippen LogP contribution in [0.2, 0.25) is 0 Å². The summed E-state index contributed by atoms with van der Waals surface area (Å²) >= 11 is 1.92. The topological polar surface area (TPSA) is 35.2 Å². The van der Waals surface area contributed by atoms with Gasteiger partial charge in [0.25, 0.3) is 0 Å². The first-order valence-corrected chi connectivity index (χ1v) is 7.83. The number of fused-ring (bicyclic) bond motifs is 1. The Labute approximate surface area is 124 Å². The highest BCUT2D eigenvalue weighted by Crippen LogP contribution is 2.36. The number of rotatable bonds is 4. The van der Waals surface area contributed by atoms with Gasteiger partial charge in [0.2, 0.25) is 0 Å². The summed E-state index contributed by atoms with van der Waals surface area (Å²) in [5, 5.41) is 0.514. The van der Waals surface area contributed by atoms with Gasteiger partial charge in [-0.05, 0) is 42.7 Å². The van der Waals surface area contributed by atoms with Gasteiger partial charge in [-0.2, -0.15) is 0 Å². The van der Waals surface area contributed by atoms with Crippen molar-refractivity contribution in [3.05, 3.63) is 59.7 Å². The van der Waals surface area contributed by atoms with E-state index in [2.05, 4.69) is 24.3 Å². The van der Waals surface area contributed by atoms with Gasteiger partial charge >= 0.3 is 0 Å². The van der Waals surface area contributed by atoms with Crippen LogP contribution in [0, 0.1) is 0 Å². The Kier molecular flexibility index (Phi) is 3.99. The predicted molar refractivity (Wildman–Crippen MR) is 84.3 cm³/mol. The molecule has 1 heterocycles. The molecule has 2 aromatic carbocycles. The zero-order valence-corrected chi connectivity index (χ0v) is 12.4. The summed E-state index contributed by atoms with van der Waals surface area (Å²) in [6.07, 6.45) is 1.10. The lowest BCUT2D eigenvalue weighted by molar-refractivity contribution is 0.317. The van der Waals surface area contributed by atoms with Crippen LogP contribution in [0.25, 0.3) is 0 Å². The van der Waals surface area contributed by atoms with Crippen molar-refractivity contribution in [2.24, 2.45) is 5.73 Å². The van der Waals surface area contributed by atoms with Crippen LogP contribution in [0.3, 0.4) is 0 Å². The van der Waals surface area contributed by atoms with Crippen LogP contribution in [0.4, 0.5) is 0 Å². The summed E-state index contributed by atoms with van der Waals surface area (Å²) < 4.78 is 5.89. The molecule has 2 aromatic rings. The van der Waals surface area contributed by atoms with E-state index >= 15 is 0 Å². The number of benzene rings is 2. The number of thioether (sulfide) groups is 1. The molecule has 2 N–H and O–H groups in total. The number of hydrogen-bond acceptors (Lipinski definition) is 3. The van der Waals surface area contributed by atoms with Crippen molar-refractivity contribution in [2.45, 2.75) is 29.5 Å². The van der Waals surface area contributed by atoms with E-state index in [-0.39, 0.29) is 6.04 Å². The molecule has 1 unspecified atom stereocenters. The zero-order valence-electron chi connectivity index (χ0n) is 11.6. The molecule has 0 radical (unpaired) electrons. The Morgan fingerprint density at radius 3 is 2.65 bits per heavy atom. The molecule has 3 heteroatoms. The smallest absolute Gasteiger partial charge is 0.119 e. The van der Waals surface area contributed by atoms with Gasteiger partial charge in [0.15, 0.2) is 0 Å². The Morgan fingerprint density at radius 2 is 1.95 bits per heavy atom. The van der Waals surface area contributed by atoms with Crippen LogP contribution in [0.1, 0.15) is 24.1 Å². The van der Waals surface area contributed by atoms with E-state index in [9.17, 15) is 0 Å². The molecular formula is C17H19NOS. The first-order chi connectivity index (χ1) is 9.72. The molecule has 0 saturated heterocycles. The summed E-state index contributed by atoms with van der Waals surface area (Å²) in [6, 6.07) is 16.8. The van der Waals surface area contributed by atoms with Crippen LogP contribution >= 0.6 is 11.8 Å². The predicted octanol–water partition coefficient (Wildman–Crippen LogP) is 3.80. The number of ether oxygens (including phenoxy) is 1. The second-order valence-corrected chi connectivity index (χ2v) is 6.56. The highest BCUT2D eigenvalue weighted by molar-refractivity contribution is 8.00. The Morgan fingerprint density at radius 1 is 1.20 bits per heavy atom. The molecule has 0 spiro atoms. The van der Waals surface area contributed by atoms with Crippen molar-refractivity contribution in [3.63, 3.8) is 0 Å². The third-order valence-electron chi connectivity index (χ3n) is 3.56. The van der Waals surface area contributed by atoms with Gasteiger partial charge in [0.1, 0.15) is 12.4 Å². The molecular weight excluding hydrogens is 266 g/mol. The highest BCUT2D eigenvalue weighted by Gasteiger charge is 2.22. The third-order valence-corrected chi connectivity index (χ3v) is 4.84. The third kappa shape index (κ3) is 3.00. The first kappa shape index (κ1) is 13.5. The maximum absolute atomic E-state index is 5.89. The molecule has 20 heavy (non-hydrogen) atoms. The highest BCUT2D eigenvalue weighted by atomic mass is 32.2. The summed E-state index contributed by atoms with van der Waals surface area (Å²) in [7, 11) is 0. The summed E-state index contributed by atoms with van der Waals surface area (Å²) in [5.74, 6) is 0.922. The molecule has 104 valence electrons. The van der Waals surface area contributed by atoms with E-state index in [0.717, 1.165) is 24.3 Å². The molecule has 0 aliphatic carbocycles. The molecule has 3 rings (SSSR count). The maximum Gasteiger partial charge on any atom is 0.119 e. The average molecular weight is 285 g/mol. The van der Waals surface area contributed by atoms with Gasteiger partial charge in [0, 0.05) is 16.2 Å². The zero-order chi connectivity index (χ0) is 13.9. The molecule has 0 amide bonds. The number of nitrogens with two attached hydrogens (primary N) is 1. The van der Waals surface area contributed by atoms with E-state index < -0.39 is 0 Å². The fourth-order valence-electron chi connectivity index (χ4n) is 2.40. The number of hydrogen-bond donors (Lipinski definition) is 1. The lowest BCUT2D eigenvalue weighted by Gasteiger charge is -2.12. The van der Waals surface area contributed by atoms with E-state index in [1.165, 1.54) is 10.5 Å². The van der Waals surface area contributed by atoms with Crippen molar-refractivity contribution in [1.29, 1.82) is 0 Å². The summed E-state index contributed by atoms with van der Waals surface area (Å²) in [6.45, 7) is 2.74. The van der Waals surface area contributed by atoms with Gasteiger partial charge in [-0.1, -0.05) is 30.3 Å². The lowest BCUT2D eigenvalue weighted by Crippen LogP contribution is -2.13. The van der Waals surface area contributed by atoms with E-state index in [1.54, 1.807) is 0 Å². The Balaban J connectivity index is 1.56. The van der Waals surface area contributed by atoms with Gasteiger partial charge in [-0.25, -0.2) is 0 Å². The van der Waals surface area contributed by atoms with Crippen molar-refractivity contribution < 1.29 is 4.74 Å². The molecule has 1 aliphatic rings. The Hall–Kier alpha value is -1.45. The van der Waals surface area contributed by atoms with Gasteiger partial charge < -0.3 is 10.5 Å². The van der Waals surface area contributed by atoms with Crippen molar-refractivity contribution in [1.82, 2.24) is 0 Å². The van der Waals surface area contributed by atoms with Crippen molar-refractivity contribution in [3.8, 4) is 5.75 Å². The monoisotopic (exact) mass is 285 g/mol. The van der Waals surface area contributed by atoms with Gasteiger partial charge in [-0.3, -0.25) is 0 Å². The maximum atomic E-state index is 5.89. The fraction of sp³-hybridized carbons (Fsp3) is 0.294. The molecule has 0 aromatic heterocycles. The van der Waals surface area contributed by atoms with Gasteiger partial charge in [0.05, 0.1) is 0 Å². The van der Waals surface area contributed by atoms with Crippen LogP contribution in [-0.4, -0.2) is 11.9 Å². The normalized spacial score (nSPS) is 18.6. The minimum atomic E-state index is 0.0731. The Bertz CT molecular complexity index is 555. The molecule has 2 nitrogen and oxygen atoms in total. The molecule has 0 saturated carbocycles. The minimum absolute atomic E-state index is 0.0731. The SMILES string of the molecule is C[C@H](N)c1ccc(OCC2Cc3ccccc3S2)cc1. The first-order valence-electron chi connectivity index (χ1n) is 6.95. The molecule has 2 atom stereocenters. The van der Waals surface area contributed by atoms with Crippen LogP contribution in [0.15, 0.2) is 53.4 Å². The summed E-state index contributed by atoms with van der Waals surface area (Å²) in [5.41, 5.74) is 8.42. The average Bonchev–Trinajstić information content (AvgIpc) is 2.88. The lowest BCUT2D eigenvalue weighted by atomic mass is 10.1. The van der Waals surface area contributed by atoms with Gasteiger partial charge in [-0.15, -0.1) is 11.8 Å². The van der Waals surface area contributed by atoms with Crippen LogP contribution < -0.4 is 10.5 Å². The van der Waals surface area contributed by atoms with Crippen molar-refractivity contribution in [2.75, 3.05) is 6.61 Å². The standard InChI is InChI=1S/C17H19NOS/c1-12(18)13-6-8-15(9-7-13)19-11-16-10-14-4-2-3-5-17(14)20-16/h2-9,12,16H,10-11,18H2,1H3/t12-,16?/m0/s1. The summed E-state index contributed by atoms with van der Waals surface area (Å²) in [4.78, 5) is 1.40. The van der Waals surface area contributed by atoms with E-state index in [1.807, 2.05) is 43.0 Å². The van der Waals surface area contributed by atoms with Crippen LogP contribution in [0.5, 0.6) is 5.75 Å². The van der Waals surface area contributed by atoms with E-state index in [4.69, 9.17) is 10.5 Å². The molecule has 0 bridgehead atoms. The van der Waals surface area contributed by atoms with Crippen molar-refractivity contribution >= 4 is 11.8 Å². The van der Waals surface area contributed by atoms with E-state index in [0.29, 0.717) is 5.25 Å². The van der Waals surface area contributed by atoms with Crippen LogP contribution in [-0.2, 0) is 6.42 Å². The second kappa shape index (κ2) is 5.90. The molecule has 1 aliphatic heterocycles. The fourth-order valence-corrected chi connectivity index (χ4v) is 3.62. The largest absolute Gasteiger partial charge is 0.492 e. The second-order valence-electron chi connectivity index (χ2n) is 5.22. The quantitative estimate of drug-likeness (QED) is 0.928. The molecule has 0 fully saturated rings.